The van der Waals surface area contributed by atoms with Crippen molar-refractivity contribution in [2.24, 2.45) is 11.5 Å². The van der Waals surface area contributed by atoms with Crippen molar-refractivity contribution in [3.8, 4) is 0 Å². The highest BCUT2D eigenvalue weighted by molar-refractivity contribution is 5.73. The molecule has 0 rings (SSSR count). The van der Waals surface area contributed by atoms with Crippen LogP contribution in [-0.2, 0) is 4.79 Å². The van der Waals surface area contributed by atoms with Crippen molar-refractivity contribution in [2.45, 2.75) is 6.42 Å². The zero-order chi connectivity index (χ0) is 7.28. The standard InChI is InChI=1S/C5H11N3O/c1-4(6)8-3-2-5(7)9/h8H,1-3,6H2,(H2,7,9). The molecule has 0 bridgehead atoms. The molecule has 0 aliphatic heterocycles. The molecule has 0 fully saturated rings. The van der Waals surface area contributed by atoms with Crippen LogP contribution in [0.2, 0.25) is 0 Å². The van der Waals surface area contributed by atoms with Crippen molar-refractivity contribution in [1.82, 2.24) is 5.32 Å². The van der Waals surface area contributed by atoms with Gasteiger partial charge < -0.3 is 16.8 Å². The summed E-state index contributed by atoms with van der Waals surface area (Å²) < 4.78 is 0. The molecular formula is C5H11N3O. The van der Waals surface area contributed by atoms with E-state index in [9.17, 15) is 4.79 Å². The zero-order valence-corrected chi connectivity index (χ0v) is 5.18. The third-order valence-electron chi connectivity index (χ3n) is 0.723. The summed E-state index contributed by atoms with van der Waals surface area (Å²) >= 11 is 0. The largest absolute Gasteiger partial charge is 0.386 e. The highest BCUT2D eigenvalue weighted by atomic mass is 16.1. The van der Waals surface area contributed by atoms with Gasteiger partial charge in [-0.3, -0.25) is 4.79 Å². The summed E-state index contributed by atoms with van der Waals surface area (Å²) in [6.07, 6.45) is 0.288. The third kappa shape index (κ3) is 6.81. The minimum absolute atomic E-state index is 0.288. The van der Waals surface area contributed by atoms with E-state index in [0.29, 0.717) is 12.4 Å². The number of amides is 1. The fourth-order valence-electron chi connectivity index (χ4n) is 0.346. The third-order valence-corrected chi connectivity index (χ3v) is 0.723. The summed E-state index contributed by atoms with van der Waals surface area (Å²) in [6, 6.07) is 0. The van der Waals surface area contributed by atoms with Crippen LogP contribution in [0.25, 0.3) is 0 Å². The molecule has 0 aromatic carbocycles. The summed E-state index contributed by atoms with van der Waals surface area (Å²) in [5, 5.41) is 2.66. The molecule has 4 heteroatoms. The molecule has 0 aliphatic carbocycles. The first-order chi connectivity index (χ1) is 4.13. The monoisotopic (exact) mass is 129 g/mol. The number of carbonyl (C=O) groups excluding carboxylic acids is 1. The van der Waals surface area contributed by atoms with Crippen molar-refractivity contribution in [3.05, 3.63) is 12.4 Å². The van der Waals surface area contributed by atoms with Gasteiger partial charge in [-0.25, -0.2) is 0 Å². The van der Waals surface area contributed by atoms with Crippen LogP contribution in [0.1, 0.15) is 6.42 Å². The van der Waals surface area contributed by atoms with Crippen LogP contribution in [0.15, 0.2) is 12.4 Å². The van der Waals surface area contributed by atoms with Crippen LogP contribution in [0.5, 0.6) is 0 Å². The molecule has 0 aromatic rings. The smallest absolute Gasteiger partial charge is 0.219 e. The summed E-state index contributed by atoms with van der Waals surface area (Å²) in [7, 11) is 0. The summed E-state index contributed by atoms with van der Waals surface area (Å²) in [5.41, 5.74) is 9.95. The lowest BCUT2D eigenvalue weighted by molar-refractivity contribution is -0.117. The average Bonchev–Trinajstić information content (AvgIpc) is 1.63. The predicted octanol–water partition coefficient (Wildman–Crippen LogP) is -1.12. The van der Waals surface area contributed by atoms with E-state index in [-0.39, 0.29) is 12.3 Å². The Morgan fingerprint density at radius 1 is 1.56 bits per heavy atom. The maximum Gasteiger partial charge on any atom is 0.219 e. The second kappa shape index (κ2) is 3.77. The Kier molecular flexibility index (Phi) is 3.27. The lowest BCUT2D eigenvalue weighted by Gasteiger charge is -2.00. The van der Waals surface area contributed by atoms with Crippen LogP contribution >= 0.6 is 0 Å². The van der Waals surface area contributed by atoms with Gasteiger partial charge in [0.25, 0.3) is 0 Å². The van der Waals surface area contributed by atoms with Gasteiger partial charge in [0.05, 0.1) is 5.82 Å². The molecule has 1 amide bonds. The van der Waals surface area contributed by atoms with E-state index in [1.807, 2.05) is 0 Å². The van der Waals surface area contributed by atoms with Gasteiger partial charge >= 0.3 is 0 Å². The van der Waals surface area contributed by atoms with Crippen molar-refractivity contribution < 1.29 is 4.79 Å². The van der Waals surface area contributed by atoms with Crippen molar-refractivity contribution in [2.75, 3.05) is 6.54 Å². The summed E-state index contributed by atoms with van der Waals surface area (Å²) in [4.78, 5) is 10.1. The fraction of sp³-hybridized carbons (Fsp3) is 0.400. The molecule has 0 aromatic heterocycles. The normalized spacial score (nSPS) is 8.44. The lowest BCUT2D eigenvalue weighted by atomic mass is 10.4. The van der Waals surface area contributed by atoms with Crippen molar-refractivity contribution in [3.63, 3.8) is 0 Å². The van der Waals surface area contributed by atoms with Crippen LogP contribution in [-0.4, -0.2) is 12.5 Å². The molecule has 0 radical (unpaired) electrons. The first-order valence-corrected chi connectivity index (χ1v) is 2.59. The van der Waals surface area contributed by atoms with Gasteiger partial charge in [0.2, 0.25) is 5.91 Å². The van der Waals surface area contributed by atoms with Gasteiger partial charge in [0.15, 0.2) is 0 Å². The molecule has 52 valence electrons. The molecular weight excluding hydrogens is 118 g/mol. The number of primary amides is 1. The Morgan fingerprint density at radius 2 is 2.11 bits per heavy atom. The molecule has 9 heavy (non-hydrogen) atoms. The van der Waals surface area contributed by atoms with E-state index in [2.05, 4.69) is 11.9 Å². The average molecular weight is 129 g/mol. The van der Waals surface area contributed by atoms with E-state index >= 15 is 0 Å². The molecule has 0 unspecified atom stereocenters. The van der Waals surface area contributed by atoms with Crippen LogP contribution in [0.3, 0.4) is 0 Å². The lowest BCUT2D eigenvalue weighted by Crippen LogP contribution is -2.24. The minimum atomic E-state index is -0.344. The number of hydrogen-bond donors (Lipinski definition) is 3. The second-order valence-corrected chi connectivity index (χ2v) is 1.67. The topological polar surface area (TPSA) is 81.1 Å². The van der Waals surface area contributed by atoms with Crippen LogP contribution in [0.4, 0.5) is 0 Å². The summed E-state index contributed by atoms with van der Waals surface area (Å²) in [6.45, 7) is 3.83. The predicted molar refractivity (Wildman–Crippen MR) is 35.1 cm³/mol. The number of nitrogens with one attached hydrogen (secondary N) is 1. The minimum Gasteiger partial charge on any atom is -0.386 e. The Hall–Kier alpha value is -1.19. The van der Waals surface area contributed by atoms with Gasteiger partial charge in [-0.15, -0.1) is 0 Å². The van der Waals surface area contributed by atoms with Crippen LogP contribution < -0.4 is 16.8 Å². The molecule has 0 saturated carbocycles. The second-order valence-electron chi connectivity index (χ2n) is 1.67. The highest BCUT2D eigenvalue weighted by Crippen LogP contribution is 1.73. The molecule has 0 heterocycles. The maximum absolute atomic E-state index is 10.1. The maximum atomic E-state index is 10.1. The van der Waals surface area contributed by atoms with Gasteiger partial charge in [-0.05, 0) is 0 Å². The Bertz CT molecular complexity index is 107. The Labute approximate surface area is 53.9 Å². The first kappa shape index (κ1) is 7.81. The van der Waals surface area contributed by atoms with Gasteiger partial charge in [0.1, 0.15) is 0 Å². The molecule has 4 nitrogen and oxygen atoms in total. The van der Waals surface area contributed by atoms with E-state index < -0.39 is 0 Å². The molecule has 5 N–H and O–H groups in total. The van der Waals surface area contributed by atoms with E-state index in [1.165, 1.54) is 0 Å². The number of carbonyl (C=O) groups is 1. The molecule has 0 spiro atoms. The zero-order valence-electron chi connectivity index (χ0n) is 5.18. The quantitative estimate of drug-likeness (QED) is 0.450. The fourth-order valence-corrected chi connectivity index (χ4v) is 0.346. The first-order valence-electron chi connectivity index (χ1n) is 2.59. The van der Waals surface area contributed by atoms with E-state index in [0.717, 1.165) is 0 Å². The Balaban J connectivity index is 3.10. The number of nitrogens with two attached hydrogens (primary N) is 2. The van der Waals surface area contributed by atoms with Gasteiger partial charge in [-0.1, -0.05) is 6.58 Å². The summed E-state index contributed by atoms with van der Waals surface area (Å²) in [5.74, 6) is 0.0139. The van der Waals surface area contributed by atoms with E-state index in [4.69, 9.17) is 11.5 Å². The molecule has 0 saturated heterocycles. The van der Waals surface area contributed by atoms with Crippen molar-refractivity contribution in [1.29, 1.82) is 0 Å². The Morgan fingerprint density at radius 3 is 2.44 bits per heavy atom. The molecule has 0 atom stereocenters. The SMILES string of the molecule is C=C(N)NCCC(N)=O. The van der Waals surface area contributed by atoms with Gasteiger partial charge in [0, 0.05) is 13.0 Å². The molecule has 0 aliphatic rings. The van der Waals surface area contributed by atoms with Gasteiger partial charge in [-0.2, -0.15) is 0 Å². The van der Waals surface area contributed by atoms with E-state index in [1.54, 1.807) is 0 Å². The van der Waals surface area contributed by atoms with Crippen LogP contribution in [0, 0.1) is 0 Å². The number of rotatable bonds is 4. The number of hydrogen-bond acceptors (Lipinski definition) is 3. The highest BCUT2D eigenvalue weighted by Gasteiger charge is 1.90. The van der Waals surface area contributed by atoms with Crippen molar-refractivity contribution >= 4 is 5.91 Å².